The van der Waals surface area contributed by atoms with Gasteiger partial charge >= 0.3 is 0 Å². The lowest BCUT2D eigenvalue weighted by molar-refractivity contribution is -0.111. The normalized spacial score (nSPS) is 11.1. The second-order valence-electron chi connectivity index (χ2n) is 7.70. The first kappa shape index (κ1) is 21.1. The quantitative estimate of drug-likeness (QED) is 0.363. The molecule has 0 unspecified atom stereocenters. The zero-order chi connectivity index (χ0) is 23.2. The van der Waals surface area contributed by atoms with E-state index in [1.807, 2.05) is 76.2 Å². The first-order valence-corrected chi connectivity index (χ1v) is 10.8. The molecule has 0 spiro atoms. The van der Waals surface area contributed by atoms with Crippen LogP contribution in [0.3, 0.4) is 0 Å². The van der Waals surface area contributed by atoms with Crippen LogP contribution in [0.25, 0.3) is 23.0 Å². The molecule has 0 atom stereocenters. The van der Waals surface area contributed by atoms with Crippen molar-refractivity contribution in [2.45, 2.75) is 6.54 Å². The van der Waals surface area contributed by atoms with Crippen LogP contribution in [0.15, 0.2) is 110 Å². The third-order valence-corrected chi connectivity index (χ3v) is 5.26. The minimum atomic E-state index is -0.219. The minimum absolute atomic E-state index is 0.219. The molecular weight excluding hydrogens is 424 g/mol. The van der Waals surface area contributed by atoms with E-state index < -0.39 is 0 Å². The summed E-state index contributed by atoms with van der Waals surface area (Å²) in [5, 5.41) is 7.66. The highest BCUT2D eigenvalue weighted by molar-refractivity contribution is 6.02. The van der Waals surface area contributed by atoms with Gasteiger partial charge in [-0.25, -0.2) is 4.98 Å². The number of imidazole rings is 1. The average Bonchev–Trinajstić information content (AvgIpc) is 3.55. The fraction of sp³-hybridized carbons (Fsp3) is 0.0370. The van der Waals surface area contributed by atoms with Crippen LogP contribution in [0, 0.1) is 0 Å². The van der Waals surface area contributed by atoms with E-state index in [0.29, 0.717) is 12.2 Å². The third kappa shape index (κ3) is 4.99. The lowest BCUT2D eigenvalue weighted by Gasteiger charge is -2.05. The molecule has 3 aromatic heterocycles. The van der Waals surface area contributed by atoms with Gasteiger partial charge in [-0.05, 0) is 48.0 Å². The molecular formula is C27H22N6O. The SMILES string of the molecule is O=C(/C=C/c1cn(Cc2ccccc2)nc1-c1cccnc1)Nc1ccc(-n2ccnc2)cc1. The van der Waals surface area contributed by atoms with Crippen LogP contribution in [0.4, 0.5) is 5.69 Å². The van der Waals surface area contributed by atoms with Crippen LogP contribution in [0.2, 0.25) is 0 Å². The summed E-state index contributed by atoms with van der Waals surface area (Å²) in [6.45, 7) is 0.636. The number of carbonyl (C=O) groups is 1. The van der Waals surface area contributed by atoms with E-state index in [-0.39, 0.29) is 5.91 Å². The summed E-state index contributed by atoms with van der Waals surface area (Å²) in [4.78, 5) is 20.9. The average molecular weight is 447 g/mol. The Labute approximate surface area is 197 Å². The predicted molar refractivity (Wildman–Crippen MR) is 132 cm³/mol. The molecule has 0 aliphatic carbocycles. The largest absolute Gasteiger partial charge is 0.323 e. The summed E-state index contributed by atoms with van der Waals surface area (Å²) in [6, 6.07) is 21.5. The van der Waals surface area contributed by atoms with Crippen LogP contribution >= 0.6 is 0 Å². The fourth-order valence-corrected chi connectivity index (χ4v) is 3.62. The lowest BCUT2D eigenvalue weighted by atomic mass is 10.1. The molecule has 0 radical (unpaired) electrons. The molecule has 7 nitrogen and oxygen atoms in total. The summed E-state index contributed by atoms with van der Waals surface area (Å²) in [7, 11) is 0. The maximum Gasteiger partial charge on any atom is 0.248 e. The second-order valence-corrected chi connectivity index (χ2v) is 7.70. The van der Waals surface area contributed by atoms with E-state index in [9.17, 15) is 4.79 Å². The van der Waals surface area contributed by atoms with Crippen molar-refractivity contribution in [1.82, 2.24) is 24.3 Å². The van der Waals surface area contributed by atoms with Gasteiger partial charge in [0.2, 0.25) is 5.91 Å². The summed E-state index contributed by atoms with van der Waals surface area (Å²) in [6.07, 6.45) is 14.1. The van der Waals surface area contributed by atoms with Crippen LogP contribution in [-0.4, -0.2) is 30.2 Å². The first-order chi connectivity index (χ1) is 16.7. The number of benzene rings is 2. The summed E-state index contributed by atoms with van der Waals surface area (Å²) in [5.74, 6) is -0.219. The van der Waals surface area contributed by atoms with Gasteiger partial charge in [-0.2, -0.15) is 5.10 Å². The zero-order valence-corrected chi connectivity index (χ0v) is 18.3. The number of amides is 1. The van der Waals surface area contributed by atoms with Gasteiger partial charge < -0.3 is 9.88 Å². The smallest absolute Gasteiger partial charge is 0.248 e. The van der Waals surface area contributed by atoms with E-state index in [1.165, 1.54) is 6.08 Å². The van der Waals surface area contributed by atoms with Gasteiger partial charge in [-0.3, -0.25) is 14.5 Å². The van der Waals surface area contributed by atoms with Crippen molar-refractivity contribution in [2.24, 2.45) is 0 Å². The zero-order valence-electron chi connectivity index (χ0n) is 18.3. The number of nitrogens with one attached hydrogen (secondary N) is 1. The molecule has 0 fully saturated rings. The van der Waals surface area contributed by atoms with Crippen molar-refractivity contribution in [3.63, 3.8) is 0 Å². The molecule has 5 rings (SSSR count). The Balaban J connectivity index is 1.34. The van der Waals surface area contributed by atoms with Crippen LogP contribution in [-0.2, 0) is 11.3 Å². The molecule has 166 valence electrons. The molecule has 0 saturated carbocycles. The Hall–Kier alpha value is -4.78. The Morgan fingerprint density at radius 3 is 2.53 bits per heavy atom. The number of hydrogen-bond donors (Lipinski definition) is 1. The Bertz CT molecular complexity index is 1390. The molecule has 5 aromatic rings. The van der Waals surface area contributed by atoms with Crippen LogP contribution in [0.1, 0.15) is 11.1 Å². The highest BCUT2D eigenvalue weighted by atomic mass is 16.1. The minimum Gasteiger partial charge on any atom is -0.323 e. The van der Waals surface area contributed by atoms with Crippen LogP contribution < -0.4 is 5.32 Å². The monoisotopic (exact) mass is 446 g/mol. The number of anilines is 1. The lowest BCUT2D eigenvalue weighted by Crippen LogP contribution is -2.07. The van der Waals surface area contributed by atoms with Crippen molar-refractivity contribution in [1.29, 1.82) is 0 Å². The first-order valence-electron chi connectivity index (χ1n) is 10.8. The summed E-state index contributed by atoms with van der Waals surface area (Å²) >= 11 is 0. The molecule has 1 amide bonds. The standard InChI is InChI=1S/C27H22N6O/c34-26(30-24-9-11-25(12-10-24)32-16-15-29-20-32)13-8-23-19-33(18-21-5-2-1-3-6-21)31-27(23)22-7-4-14-28-17-22/h1-17,19-20H,18H2,(H,30,34)/b13-8+. The Morgan fingerprint density at radius 2 is 1.79 bits per heavy atom. The van der Waals surface area contributed by atoms with E-state index in [2.05, 4.69) is 27.4 Å². The molecule has 3 heterocycles. The van der Waals surface area contributed by atoms with Gasteiger partial charge in [-0.15, -0.1) is 0 Å². The van der Waals surface area contributed by atoms with Crippen molar-refractivity contribution < 1.29 is 4.79 Å². The molecule has 34 heavy (non-hydrogen) atoms. The molecule has 0 aliphatic rings. The molecule has 1 N–H and O–H groups in total. The third-order valence-electron chi connectivity index (χ3n) is 5.26. The van der Waals surface area contributed by atoms with Gasteiger partial charge in [0.15, 0.2) is 0 Å². The van der Waals surface area contributed by atoms with Crippen molar-refractivity contribution in [3.8, 4) is 16.9 Å². The van der Waals surface area contributed by atoms with Gasteiger partial charge in [0.25, 0.3) is 0 Å². The Morgan fingerprint density at radius 1 is 0.941 bits per heavy atom. The highest BCUT2D eigenvalue weighted by Gasteiger charge is 2.10. The molecule has 0 aliphatic heterocycles. The van der Waals surface area contributed by atoms with Crippen molar-refractivity contribution in [3.05, 3.63) is 121 Å². The highest BCUT2D eigenvalue weighted by Crippen LogP contribution is 2.23. The number of carbonyl (C=O) groups excluding carboxylic acids is 1. The molecule has 0 bridgehead atoms. The molecule has 2 aromatic carbocycles. The molecule has 7 heteroatoms. The summed E-state index contributed by atoms with van der Waals surface area (Å²) in [5.41, 5.74) is 5.34. The van der Waals surface area contributed by atoms with E-state index in [0.717, 1.165) is 28.1 Å². The number of pyridine rings is 1. The topological polar surface area (TPSA) is 77.6 Å². The van der Waals surface area contributed by atoms with Gasteiger partial charge in [0, 0.05) is 59.6 Å². The maximum atomic E-state index is 12.6. The van der Waals surface area contributed by atoms with Crippen LogP contribution in [0.5, 0.6) is 0 Å². The van der Waals surface area contributed by atoms with E-state index in [1.54, 1.807) is 31.0 Å². The fourth-order valence-electron chi connectivity index (χ4n) is 3.62. The second kappa shape index (κ2) is 9.79. The summed E-state index contributed by atoms with van der Waals surface area (Å²) < 4.78 is 3.78. The number of rotatable bonds is 7. The molecule has 0 saturated heterocycles. The Kier molecular flexibility index (Phi) is 6.07. The van der Waals surface area contributed by atoms with Gasteiger partial charge in [-0.1, -0.05) is 30.3 Å². The predicted octanol–water partition coefficient (Wildman–Crippen LogP) is 4.83. The number of nitrogens with zero attached hydrogens (tertiary/aromatic N) is 5. The number of aromatic nitrogens is 5. The van der Waals surface area contributed by atoms with Gasteiger partial charge in [0.1, 0.15) is 5.69 Å². The van der Waals surface area contributed by atoms with Crippen molar-refractivity contribution >= 4 is 17.7 Å². The van der Waals surface area contributed by atoms with E-state index >= 15 is 0 Å². The van der Waals surface area contributed by atoms with E-state index in [4.69, 9.17) is 5.10 Å². The van der Waals surface area contributed by atoms with Crippen molar-refractivity contribution in [2.75, 3.05) is 5.32 Å². The van der Waals surface area contributed by atoms with Gasteiger partial charge in [0.05, 0.1) is 12.9 Å². The maximum absolute atomic E-state index is 12.6. The number of hydrogen-bond acceptors (Lipinski definition) is 4.